The van der Waals surface area contributed by atoms with Gasteiger partial charge in [-0.1, -0.05) is 30.7 Å². The molecule has 2 aromatic rings. The smallest absolute Gasteiger partial charge is 0.168 e. The Balaban J connectivity index is 2.31. The summed E-state index contributed by atoms with van der Waals surface area (Å²) in [6.45, 7) is 8.80. The van der Waals surface area contributed by atoms with E-state index >= 15 is 0 Å². The third kappa shape index (κ3) is 3.18. The Kier molecular flexibility index (Phi) is 4.84. The number of nitrogens with zero attached hydrogens (tertiary/aromatic N) is 2. The predicted molar refractivity (Wildman–Crippen MR) is 86.2 cm³/mol. The van der Waals surface area contributed by atoms with Gasteiger partial charge in [0.05, 0.1) is 22.8 Å². The zero-order valence-electron chi connectivity index (χ0n) is 13.0. The minimum Gasteiger partial charge on any atom is -0.294 e. The summed E-state index contributed by atoms with van der Waals surface area (Å²) in [6.07, 6.45) is 1.07. The van der Waals surface area contributed by atoms with Crippen molar-refractivity contribution < 1.29 is 4.79 Å². The van der Waals surface area contributed by atoms with Crippen LogP contribution in [0.15, 0.2) is 18.2 Å². The second-order valence-corrected chi connectivity index (χ2v) is 5.65. The Morgan fingerprint density at radius 2 is 1.95 bits per heavy atom. The molecule has 0 spiro atoms. The lowest BCUT2D eigenvalue weighted by atomic mass is 10.0. The number of hydrogen-bond donors (Lipinski definition) is 0. The number of benzene rings is 1. The molecule has 2 rings (SSSR count). The van der Waals surface area contributed by atoms with Gasteiger partial charge in [0.1, 0.15) is 0 Å². The van der Waals surface area contributed by atoms with Crippen LogP contribution < -0.4 is 0 Å². The van der Waals surface area contributed by atoms with Crippen LogP contribution in [0.1, 0.15) is 46.7 Å². The Morgan fingerprint density at radius 1 is 1.24 bits per heavy atom. The van der Waals surface area contributed by atoms with Gasteiger partial charge in [-0.3, -0.25) is 9.48 Å². The number of halogens is 1. The number of carbonyl (C=O) groups is 1. The van der Waals surface area contributed by atoms with Crippen molar-refractivity contribution >= 4 is 17.4 Å². The lowest BCUT2D eigenvalue weighted by Crippen LogP contribution is -2.10. The molecular formula is C17H21ClN2O. The van der Waals surface area contributed by atoms with E-state index in [1.807, 2.05) is 50.6 Å². The van der Waals surface area contributed by atoms with Crippen LogP contribution in [0, 0.1) is 13.8 Å². The lowest BCUT2D eigenvalue weighted by Gasteiger charge is -2.07. The van der Waals surface area contributed by atoms with E-state index in [2.05, 4.69) is 5.10 Å². The predicted octanol–water partition coefficient (Wildman–Crippen LogP) is 4.16. The average molecular weight is 305 g/mol. The molecule has 0 amide bonds. The number of Topliss-reactive ketones (excluding diaryl/α,β-unsaturated/α-hetero) is 1. The van der Waals surface area contributed by atoms with Gasteiger partial charge < -0.3 is 0 Å². The summed E-state index contributed by atoms with van der Waals surface area (Å²) in [5.74, 6) is 0.0808. The van der Waals surface area contributed by atoms with E-state index < -0.39 is 0 Å². The first-order chi connectivity index (χ1) is 9.97. The van der Waals surface area contributed by atoms with Crippen molar-refractivity contribution in [2.45, 2.75) is 47.1 Å². The van der Waals surface area contributed by atoms with Gasteiger partial charge in [0.15, 0.2) is 5.78 Å². The van der Waals surface area contributed by atoms with Crippen molar-refractivity contribution in [3.63, 3.8) is 0 Å². The normalized spacial score (nSPS) is 10.9. The van der Waals surface area contributed by atoms with Crippen LogP contribution in [0.3, 0.4) is 0 Å². The molecule has 0 aliphatic heterocycles. The summed E-state index contributed by atoms with van der Waals surface area (Å²) >= 11 is 6.36. The molecule has 0 bridgehead atoms. The van der Waals surface area contributed by atoms with Crippen LogP contribution >= 0.6 is 11.6 Å². The fraction of sp³-hybridized carbons (Fsp3) is 0.412. The molecule has 0 unspecified atom stereocenters. The van der Waals surface area contributed by atoms with E-state index in [0.717, 1.165) is 35.5 Å². The van der Waals surface area contributed by atoms with Crippen LogP contribution in [-0.4, -0.2) is 15.6 Å². The molecule has 0 atom stereocenters. The van der Waals surface area contributed by atoms with Crippen molar-refractivity contribution in [3.05, 3.63) is 51.3 Å². The molecule has 0 aliphatic carbocycles. The highest BCUT2D eigenvalue weighted by Gasteiger charge is 2.18. The molecule has 3 nitrogen and oxygen atoms in total. The van der Waals surface area contributed by atoms with E-state index in [9.17, 15) is 4.79 Å². The number of aryl methyl sites for hydroxylation is 4. The SMILES string of the molecule is CCc1nn(CC)c(CC(=O)c2ccc(C)c(C)c2)c1Cl. The monoisotopic (exact) mass is 304 g/mol. The van der Waals surface area contributed by atoms with Crippen molar-refractivity contribution in [1.29, 1.82) is 0 Å². The van der Waals surface area contributed by atoms with Crippen molar-refractivity contribution in [2.24, 2.45) is 0 Å². The Bertz CT molecular complexity index is 674. The molecule has 1 heterocycles. The second kappa shape index (κ2) is 6.44. The summed E-state index contributed by atoms with van der Waals surface area (Å²) < 4.78 is 1.83. The standard InChI is InChI=1S/C17H21ClN2O/c1-5-14-17(18)15(20(6-2)19-14)10-16(21)13-8-7-11(3)12(4)9-13/h7-9H,5-6,10H2,1-4H3. The topological polar surface area (TPSA) is 34.9 Å². The van der Waals surface area contributed by atoms with Crippen molar-refractivity contribution in [3.8, 4) is 0 Å². The highest BCUT2D eigenvalue weighted by molar-refractivity contribution is 6.32. The highest BCUT2D eigenvalue weighted by Crippen LogP contribution is 2.23. The third-order valence-corrected chi connectivity index (χ3v) is 4.29. The second-order valence-electron chi connectivity index (χ2n) is 5.28. The quantitative estimate of drug-likeness (QED) is 0.777. The maximum atomic E-state index is 12.5. The summed E-state index contributed by atoms with van der Waals surface area (Å²) in [5, 5.41) is 5.09. The first-order valence-electron chi connectivity index (χ1n) is 7.32. The van der Waals surface area contributed by atoms with Gasteiger partial charge in [-0.15, -0.1) is 0 Å². The van der Waals surface area contributed by atoms with Gasteiger partial charge >= 0.3 is 0 Å². The number of rotatable bonds is 5. The summed E-state index contributed by atoms with van der Waals surface area (Å²) in [4.78, 5) is 12.5. The van der Waals surface area contributed by atoms with E-state index in [4.69, 9.17) is 11.6 Å². The van der Waals surface area contributed by atoms with E-state index in [-0.39, 0.29) is 5.78 Å². The van der Waals surface area contributed by atoms with Crippen molar-refractivity contribution in [2.75, 3.05) is 0 Å². The highest BCUT2D eigenvalue weighted by atomic mass is 35.5. The Morgan fingerprint density at radius 3 is 2.52 bits per heavy atom. The van der Waals surface area contributed by atoms with E-state index in [1.54, 1.807) is 0 Å². The maximum absolute atomic E-state index is 12.5. The summed E-state index contributed by atoms with van der Waals surface area (Å²) in [7, 11) is 0. The third-order valence-electron chi connectivity index (χ3n) is 3.85. The fourth-order valence-corrected chi connectivity index (χ4v) is 2.69. The first-order valence-corrected chi connectivity index (χ1v) is 7.70. The van der Waals surface area contributed by atoms with E-state index in [1.165, 1.54) is 5.56 Å². The van der Waals surface area contributed by atoms with Crippen LogP contribution in [0.25, 0.3) is 0 Å². The molecule has 21 heavy (non-hydrogen) atoms. The van der Waals surface area contributed by atoms with Crippen LogP contribution in [-0.2, 0) is 19.4 Å². The van der Waals surface area contributed by atoms with Gasteiger partial charge in [-0.25, -0.2) is 0 Å². The van der Waals surface area contributed by atoms with E-state index in [0.29, 0.717) is 11.4 Å². The molecule has 1 aromatic carbocycles. The molecule has 1 aromatic heterocycles. The molecule has 0 aliphatic rings. The molecule has 0 N–H and O–H groups in total. The Hall–Kier alpha value is -1.61. The van der Waals surface area contributed by atoms with Crippen LogP contribution in [0.5, 0.6) is 0 Å². The van der Waals surface area contributed by atoms with Crippen LogP contribution in [0.4, 0.5) is 0 Å². The zero-order valence-corrected chi connectivity index (χ0v) is 13.8. The average Bonchev–Trinajstić information content (AvgIpc) is 2.78. The lowest BCUT2D eigenvalue weighted by molar-refractivity contribution is 0.0990. The first kappa shape index (κ1) is 15.8. The van der Waals surface area contributed by atoms with Gasteiger partial charge in [0.2, 0.25) is 0 Å². The molecule has 0 radical (unpaired) electrons. The Labute approximate surface area is 130 Å². The maximum Gasteiger partial charge on any atom is 0.168 e. The molecule has 112 valence electrons. The molecule has 0 saturated carbocycles. The molecular weight excluding hydrogens is 284 g/mol. The largest absolute Gasteiger partial charge is 0.294 e. The van der Waals surface area contributed by atoms with Gasteiger partial charge in [-0.2, -0.15) is 5.10 Å². The van der Waals surface area contributed by atoms with Crippen molar-refractivity contribution in [1.82, 2.24) is 9.78 Å². The number of ketones is 1. The zero-order chi connectivity index (χ0) is 15.6. The number of carbonyl (C=O) groups excluding carboxylic acids is 1. The molecule has 0 fully saturated rings. The molecule has 4 heteroatoms. The fourth-order valence-electron chi connectivity index (χ4n) is 2.36. The van der Waals surface area contributed by atoms with Crippen LogP contribution in [0.2, 0.25) is 5.02 Å². The van der Waals surface area contributed by atoms with Gasteiger partial charge in [-0.05, 0) is 44.4 Å². The van der Waals surface area contributed by atoms with Gasteiger partial charge in [0.25, 0.3) is 0 Å². The number of aromatic nitrogens is 2. The van der Waals surface area contributed by atoms with Gasteiger partial charge in [0, 0.05) is 12.1 Å². The summed E-state index contributed by atoms with van der Waals surface area (Å²) in [6, 6.07) is 5.81. The summed E-state index contributed by atoms with van der Waals surface area (Å²) in [5.41, 5.74) is 4.73. The number of hydrogen-bond acceptors (Lipinski definition) is 2. The molecule has 0 saturated heterocycles. The minimum absolute atomic E-state index is 0.0808. The minimum atomic E-state index is 0.0808.